The largest absolute Gasteiger partial charge is 0.326 e. The summed E-state index contributed by atoms with van der Waals surface area (Å²) in [7, 11) is 0. The van der Waals surface area contributed by atoms with E-state index >= 15 is 0 Å². The summed E-state index contributed by atoms with van der Waals surface area (Å²) in [5, 5.41) is 0. The van der Waals surface area contributed by atoms with Crippen molar-refractivity contribution in [2.45, 2.75) is 11.0 Å². The van der Waals surface area contributed by atoms with Crippen LogP contribution in [0.3, 0.4) is 0 Å². The highest BCUT2D eigenvalue weighted by Crippen LogP contribution is 2.33. The zero-order valence-electron chi connectivity index (χ0n) is 14.0. The lowest BCUT2D eigenvalue weighted by Crippen LogP contribution is -2.23. The Bertz CT molecular complexity index is 839. The number of nitrogens with zero attached hydrogens (tertiary/aromatic N) is 1. The molecule has 0 aliphatic heterocycles. The van der Waals surface area contributed by atoms with Crippen LogP contribution in [-0.4, -0.2) is 4.05 Å². The molecule has 0 fully saturated rings. The number of aryl methyl sites for hydroxylation is 1. The van der Waals surface area contributed by atoms with Crippen molar-refractivity contribution in [1.82, 2.24) is 0 Å². The van der Waals surface area contributed by atoms with Crippen molar-refractivity contribution in [3.8, 4) is 11.1 Å². The fourth-order valence-electron chi connectivity index (χ4n) is 2.70. The standard InChI is InChI=1S/C22H19BrIN/c1-3-22(24)25(20-12-4-16(2)5-13-20)21-14-8-18(9-15-21)17-6-10-19(23)11-7-17/h3-15,22H,1H2,2H3. The van der Waals surface area contributed by atoms with Crippen molar-refractivity contribution in [2.24, 2.45) is 0 Å². The van der Waals surface area contributed by atoms with Crippen molar-refractivity contribution in [2.75, 3.05) is 4.90 Å². The maximum atomic E-state index is 3.97. The van der Waals surface area contributed by atoms with Crippen LogP contribution in [-0.2, 0) is 0 Å². The van der Waals surface area contributed by atoms with Gasteiger partial charge in [0.2, 0.25) is 0 Å². The van der Waals surface area contributed by atoms with Gasteiger partial charge in [-0.25, -0.2) is 0 Å². The molecule has 1 atom stereocenters. The first-order chi connectivity index (χ1) is 12.1. The van der Waals surface area contributed by atoms with E-state index in [1.54, 1.807) is 0 Å². The molecular formula is C22H19BrIN. The number of rotatable bonds is 5. The number of anilines is 2. The Hall–Kier alpha value is -1.59. The minimum absolute atomic E-state index is 0.179. The summed E-state index contributed by atoms with van der Waals surface area (Å²) < 4.78 is 1.27. The molecule has 3 rings (SSSR count). The van der Waals surface area contributed by atoms with Crippen molar-refractivity contribution in [3.63, 3.8) is 0 Å². The van der Waals surface area contributed by atoms with E-state index in [4.69, 9.17) is 0 Å². The number of halogens is 2. The van der Waals surface area contributed by atoms with Gasteiger partial charge in [-0.3, -0.25) is 0 Å². The summed E-state index contributed by atoms with van der Waals surface area (Å²) in [4.78, 5) is 2.29. The number of hydrogen-bond acceptors (Lipinski definition) is 1. The van der Waals surface area contributed by atoms with E-state index < -0.39 is 0 Å². The van der Waals surface area contributed by atoms with Crippen LogP contribution in [0.2, 0.25) is 0 Å². The SMILES string of the molecule is C=CC(I)N(c1ccc(C)cc1)c1ccc(-c2ccc(Br)cc2)cc1. The van der Waals surface area contributed by atoms with Gasteiger partial charge >= 0.3 is 0 Å². The minimum Gasteiger partial charge on any atom is -0.326 e. The van der Waals surface area contributed by atoms with Crippen molar-refractivity contribution in [1.29, 1.82) is 0 Å². The first-order valence-corrected chi connectivity index (χ1v) is 10.1. The molecule has 3 aromatic rings. The second kappa shape index (κ2) is 8.19. The molecule has 0 saturated heterocycles. The number of benzene rings is 3. The van der Waals surface area contributed by atoms with Crippen LogP contribution in [0.4, 0.5) is 11.4 Å². The van der Waals surface area contributed by atoms with E-state index in [-0.39, 0.29) is 4.05 Å². The Morgan fingerprint density at radius 2 is 1.28 bits per heavy atom. The van der Waals surface area contributed by atoms with Crippen molar-refractivity contribution < 1.29 is 0 Å². The third-order valence-corrected chi connectivity index (χ3v) is 5.67. The van der Waals surface area contributed by atoms with Crippen LogP contribution in [0.5, 0.6) is 0 Å². The maximum absolute atomic E-state index is 3.97. The van der Waals surface area contributed by atoms with Gasteiger partial charge in [-0.15, -0.1) is 6.58 Å². The molecule has 0 radical (unpaired) electrons. The van der Waals surface area contributed by atoms with E-state index in [1.807, 2.05) is 6.08 Å². The van der Waals surface area contributed by atoms with Crippen LogP contribution in [0.15, 0.2) is 89.9 Å². The Balaban J connectivity index is 1.95. The van der Waals surface area contributed by atoms with Crippen LogP contribution in [0, 0.1) is 6.92 Å². The van der Waals surface area contributed by atoms with Crippen LogP contribution < -0.4 is 4.90 Å². The van der Waals surface area contributed by atoms with Gasteiger partial charge < -0.3 is 4.90 Å². The molecule has 0 aromatic heterocycles. The van der Waals surface area contributed by atoms with E-state index in [1.165, 1.54) is 22.4 Å². The number of hydrogen-bond donors (Lipinski definition) is 0. The van der Waals surface area contributed by atoms with E-state index in [0.717, 1.165) is 10.2 Å². The molecule has 1 nitrogen and oxygen atoms in total. The summed E-state index contributed by atoms with van der Waals surface area (Å²) in [6.45, 7) is 6.08. The predicted octanol–water partition coefficient (Wildman–Crippen LogP) is 7.51. The first-order valence-electron chi connectivity index (χ1n) is 8.07. The normalized spacial score (nSPS) is 11.8. The quantitative estimate of drug-likeness (QED) is 0.151. The van der Waals surface area contributed by atoms with E-state index in [0.29, 0.717) is 0 Å². The molecule has 3 heteroatoms. The van der Waals surface area contributed by atoms with Gasteiger partial charge in [-0.2, -0.15) is 0 Å². The molecule has 0 spiro atoms. The van der Waals surface area contributed by atoms with E-state index in [2.05, 4.69) is 130 Å². The van der Waals surface area contributed by atoms with Gasteiger partial charge in [-0.05, 0) is 54.4 Å². The Morgan fingerprint density at radius 3 is 1.76 bits per heavy atom. The van der Waals surface area contributed by atoms with Gasteiger partial charge in [0, 0.05) is 15.8 Å². The lowest BCUT2D eigenvalue weighted by molar-refractivity contribution is 1.07. The zero-order chi connectivity index (χ0) is 17.8. The highest BCUT2D eigenvalue weighted by atomic mass is 127. The van der Waals surface area contributed by atoms with Crippen LogP contribution in [0.25, 0.3) is 11.1 Å². The summed E-state index contributed by atoms with van der Waals surface area (Å²) in [6.07, 6.45) is 1.96. The maximum Gasteiger partial charge on any atom is 0.104 e. The molecule has 0 aliphatic rings. The van der Waals surface area contributed by atoms with Crippen molar-refractivity contribution >= 4 is 49.9 Å². The van der Waals surface area contributed by atoms with Gasteiger partial charge in [0.25, 0.3) is 0 Å². The molecule has 1 unspecified atom stereocenters. The second-order valence-corrected chi connectivity index (χ2v) is 8.06. The lowest BCUT2D eigenvalue weighted by Gasteiger charge is -2.28. The molecule has 0 amide bonds. The smallest absolute Gasteiger partial charge is 0.104 e. The average molecular weight is 504 g/mol. The fourth-order valence-corrected chi connectivity index (χ4v) is 3.61. The summed E-state index contributed by atoms with van der Waals surface area (Å²) in [5.41, 5.74) is 6.01. The third kappa shape index (κ3) is 4.33. The summed E-state index contributed by atoms with van der Waals surface area (Å²) in [5.74, 6) is 0. The Morgan fingerprint density at radius 1 is 0.840 bits per heavy atom. The minimum atomic E-state index is 0.179. The molecule has 0 heterocycles. The van der Waals surface area contributed by atoms with Crippen molar-refractivity contribution in [3.05, 3.63) is 95.5 Å². The number of alkyl halides is 1. The summed E-state index contributed by atoms with van der Waals surface area (Å²) >= 11 is 5.90. The second-order valence-electron chi connectivity index (χ2n) is 5.87. The molecule has 25 heavy (non-hydrogen) atoms. The predicted molar refractivity (Wildman–Crippen MR) is 121 cm³/mol. The first kappa shape index (κ1) is 18.2. The molecule has 0 N–H and O–H groups in total. The van der Waals surface area contributed by atoms with Gasteiger partial charge in [0.15, 0.2) is 0 Å². The molecule has 3 aromatic carbocycles. The van der Waals surface area contributed by atoms with Gasteiger partial charge in [0.05, 0.1) is 0 Å². The Labute approximate surface area is 171 Å². The Kier molecular flexibility index (Phi) is 5.97. The zero-order valence-corrected chi connectivity index (χ0v) is 17.7. The fraction of sp³-hybridized carbons (Fsp3) is 0.0909. The highest BCUT2D eigenvalue weighted by Gasteiger charge is 2.15. The van der Waals surface area contributed by atoms with Crippen LogP contribution in [0.1, 0.15) is 5.56 Å². The summed E-state index contributed by atoms with van der Waals surface area (Å²) in [6, 6.07) is 25.7. The highest BCUT2D eigenvalue weighted by molar-refractivity contribution is 14.1. The molecular weight excluding hydrogens is 485 g/mol. The molecule has 0 bridgehead atoms. The van der Waals surface area contributed by atoms with Gasteiger partial charge in [-0.1, -0.05) is 86.6 Å². The average Bonchev–Trinajstić information content (AvgIpc) is 2.64. The molecule has 126 valence electrons. The van der Waals surface area contributed by atoms with Crippen LogP contribution >= 0.6 is 38.5 Å². The lowest BCUT2D eigenvalue weighted by atomic mass is 10.1. The third-order valence-electron chi connectivity index (χ3n) is 4.08. The monoisotopic (exact) mass is 503 g/mol. The topological polar surface area (TPSA) is 3.24 Å². The van der Waals surface area contributed by atoms with Gasteiger partial charge in [0.1, 0.15) is 4.05 Å². The molecule has 0 aliphatic carbocycles. The van der Waals surface area contributed by atoms with E-state index in [9.17, 15) is 0 Å². The molecule has 0 saturated carbocycles.